The third-order valence-corrected chi connectivity index (χ3v) is 1.85. The Labute approximate surface area is 79.9 Å². The summed E-state index contributed by atoms with van der Waals surface area (Å²) >= 11 is 0. The van der Waals surface area contributed by atoms with Crippen LogP contribution >= 0.6 is 0 Å². The zero-order valence-corrected chi connectivity index (χ0v) is 7.97. The van der Waals surface area contributed by atoms with Crippen LogP contribution < -0.4 is 5.32 Å². The Morgan fingerprint density at radius 3 is 2.64 bits per heavy atom. The van der Waals surface area contributed by atoms with Crippen molar-refractivity contribution in [3.8, 4) is 0 Å². The minimum Gasteiger partial charge on any atom is -0.318 e. The second-order valence-electron chi connectivity index (χ2n) is 3.09. The first kappa shape index (κ1) is 11.0. The van der Waals surface area contributed by atoms with E-state index in [1.165, 1.54) is 10.9 Å². The first-order valence-electron chi connectivity index (χ1n) is 4.22. The van der Waals surface area contributed by atoms with Gasteiger partial charge >= 0.3 is 6.18 Å². The van der Waals surface area contributed by atoms with Gasteiger partial charge in [-0.3, -0.25) is 4.68 Å². The normalized spacial score (nSPS) is 14.4. The van der Waals surface area contributed by atoms with Crippen molar-refractivity contribution in [1.82, 2.24) is 15.1 Å². The summed E-state index contributed by atoms with van der Waals surface area (Å²) in [7, 11) is 1.74. The smallest absolute Gasteiger partial charge is 0.318 e. The summed E-state index contributed by atoms with van der Waals surface area (Å²) in [4.78, 5) is 0. The molecular weight excluding hydrogens is 195 g/mol. The minimum absolute atomic E-state index is 0.0869. The Morgan fingerprint density at radius 1 is 1.57 bits per heavy atom. The van der Waals surface area contributed by atoms with E-state index >= 15 is 0 Å². The Balaban J connectivity index is 2.78. The molecule has 0 spiro atoms. The van der Waals surface area contributed by atoms with Gasteiger partial charge < -0.3 is 5.32 Å². The predicted octanol–water partition coefficient (Wildman–Crippen LogP) is 1.68. The molecule has 0 aliphatic heterocycles. The zero-order valence-electron chi connectivity index (χ0n) is 7.97. The van der Waals surface area contributed by atoms with Gasteiger partial charge in [-0.05, 0) is 20.0 Å². The lowest BCUT2D eigenvalue weighted by atomic mass is 10.3. The highest BCUT2D eigenvalue weighted by Crippen LogP contribution is 2.27. The highest BCUT2D eigenvalue weighted by molar-refractivity contribution is 5.03. The van der Waals surface area contributed by atoms with Gasteiger partial charge in [0, 0.05) is 12.7 Å². The minimum atomic E-state index is -4.36. The molecule has 3 nitrogen and oxygen atoms in total. The number of hydrogen-bond acceptors (Lipinski definition) is 2. The van der Waals surface area contributed by atoms with Crippen molar-refractivity contribution in [2.75, 3.05) is 13.6 Å². The molecule has 6 heteroatoms. The third-order valence-electron chi connectivity index (χ3n) is 1.85. The van der Waals surface area contributed by atoms with Crippen molar-refractivity contribution in [3.63, 3.8) is 0 Å². The number of alkyl halides is 3. The van der Waals surface area contributed by atoms with Crippen molar-refractivity contribution in [2.24, 2.45) is 0 Å². The van der Waals surface area contributed by atoms with Gasteiger partial charge in [-0.2, -0.15) is 18.3 Å². The van der Waals surface area contributed by atoms with Gasteiger partial charge in [0.05, 0.1) is 6.04 Å². The highest BCUT2D eigenvalue weighted by atomic mass is 19.4. The average Bonchev–Trinajstić information content (AvgIpc) is 2.51. The van der Waals surface area contributed by atoms with Crippen LogP contribution in [0.3, 0.4) is 0 Å². The van der Waals surface area contributed by atoms with E-state index < -0.39 is 11.9 Å². The summed E-state index contributed by atoms with van der Waals surface area (Å²) in [6.45, 7) is 2.38. The van der Waals surface area contributed by atoms with Crippen LogP contribution in [0.1, 0.15) is 18.7 Å². The van der Waals surface area contributed by atoms with Crippen LogP contribution in [0.25, 0.3) is 0 Å². The summed E-state index contributed by atoms with van der Waals surface area (Å²) in [6.07, 6.45) is -3.02. The largest absolute Gasteiger partial charge is 0.435 e. The summed E-state index contributed by atoms with van der Waals surface area (Å²) in [5.41, 5.74) is -0.847. The van der Waals surface area contributed by atoms with Gasteiger partial charge in [-0.15, -0.1) is 0 Å². The van der Waals surface area contributed by atoms with E-state index in [1.54, 1.807) is 14.0 Å². The fraction of sp³-hybridized carbons (Fsp3) is 0.625. The molecule has 0 bridgehead atoms. The molecule has 0 fully saturated rings. The third kappa shape index (κ3) is 2.47. The molecule has 1 aromatic rings. The topological polar surface area (TPSA) is 29.9 Å². The fourth-order valence-electron chi connectivity index (χ4n) is 1.12. The summed E-state index contributed by atoms with van der Waals surface area (Å²) in [5.74, 6) is 0. The van der Waals surface area contributed by atoms with Gasteiger partial charge in [0.2, 0.25) is 0 Å². The van der Waals surface area contributed by atoms with E-state index in [-0.39, 0.29) is 6.04 Å². The molecule has 0 aliphatic rings. The quantitative estimate of drug-likeness (QED) is 0.817. The number of likely N-dealkylation sites (N-methyl/N-ethyl adjacent to an activating group) is 1. The van der Waals surface area contributed by atoms with Crippen LogP contribution in [0.4, 0.5) is 13.2 Å². The Bertz CT molecular complexity index is 292. The summed E-state index contributed by atoms with van der Waals surface area (Å²) < 4.78 is 37.8. The van der Waals surface area contributed by atoms with E-state index in [9.17, 15) is 13.2 Å². The number of rotatable bonds is 3. The lowest BCUT2D eigenvalue weighted by Crippen LogP contribution is -2.20. The molecule has 0 amide bonds. The molecule has 1 atom stereocenters. The molecule has 0 unspecified atom stereocenters. The zero-order chi connectivity index (χ0) is 10.8. The molecule has 1 heterocycles. The number of aromatic nitrogens is 2. The molecule has 14 heavy (non-hydrogen) atoms. The molecule has 0 radical (unpaired) electrons. The van der Waals surface area contributed by atoms with E-state index in [1.807, 2.05) is 0 Å². The van der Waals surface area contributed by atoms with Gasteiger partial charge in [0.15, 0.2) is 5.69 Å². The van der Waals surface area contributed by atoms with Crippen molar-refractivity contribution in [2.45, 2.75) is 19.1 Å². The maximum atomic E-state index is 12.2. The molecule has 0 aromatic carbocycles. The molecule has 0 saturated carbocycles. The van der Waals surface area contributed by atoms with Gasteiger partial charge in [-0.1, -0.05) is 0 Å². The van der Waals surface area contributed by atoms with Gasteiger partial charge in [-0.25, -0.2) is 0 Å². The number of halogens is 3. The van der Waals surface area contributed by atoms with Gasteiger partial charge in [0.25, 0.3) is 0 Å². The maximum absolute atomic E-state index is 12.2. The molecule has 80 valence electrons. The molecule has 0 aliphatic carbocycles. The Kier molecular flexibility index (Phi) is 3.15. The van der Waals surface area contributed by atoms with Crippen molar-refractivity contribution in [1.29, 1.82) is 0 Å². The standard InChI is InChI=1S/C8H12F3N3/c1-6(5-12-2)14-4-3-7(13-14)8(9,10)11/h3-4,6,12H,5H2,1-2H3/t6-/m0/s1. The lowest BCUT2D eigenvalue weighted by Gasteiger charge is -2.11. The van der Waals surface area contributed by atoms with Crippen LogP contribution in [-0.4, -0.2) is 23.4 Å². The van der Waals surface area contributed by atoms with Crippen LogP contribution in [0, 0.1) is 0 Å². The molecule has 1 aromatic heterocycles. The SMILES string of the molecule is CNC[C@H](C)n1ccc(C(F)(F)F)n1. The van der Waals surface area contributed by atoms with Crippen LogP contribution in [0.2, 0.25) is 0 Å². The average molecular weight is 207 g/mol. The molecule has 1 rings (SSSR count). The Morgan fingerprint density at radius 2 is 2.21 bits per heavy atom. The number of hydrogen-bond donors (Lipinski definition) is 1. The van der Waals surface area contributed by atoms with E-state index in [2.05, 4.69) is 10.4 Å². The molecular formula is C8H12F3N3. The van der Waals surface area contributed by atoms with Crippen LogP contribution in [-0.2, 0) is 6.18 Å². The van der Waals surface area contributed by atoms with Crippen molar-refractivity contribution >= 4 is 0 Å². The van der Waals surface area contributed by atoms with E-state index in [4.69, 9.17) is 0 Å². The molecule has 0 saturated heterocycles. The first-order valence-corrected chi connectivity index (χ1v) is 4.22. The summed E-state index contributed by atoms with van der Waals surface area (Å²) in [6, 6.07) is 0.891. The fourth-order valence-corrected chi connectivity index (χ4v) is 1.12. The second-order valence-corrected chi connectivity index (χ2v) is 3.09. The number of nitrogens with one attached hydrogen (secondary N) is 1. The van der Waals surface area contributed by atoms with Gasteiger partial charge in [0.1, 0.15) is 0 Å². The van der Waals surface area contributed by atoms with Crippen molar-refractivity contribution < 1.29 is 13.2 Å². The monoisotopic (exact) mass is 207 g/mol. The first-order chi connectivity index (χ1) is 6.45. The van der Waals surface area contributed by atoms with E-state index in [0.717, 1.165) is 6.07 Å². The Hall–Kier alpha value is -1.04. The predicted molar refractivity (Wildman–Crippen MR) is 45.9 cm³/mol. The van der Waals surface area contributed by atoms with E-state index in [0.29, 0.717) is 6.54 Å². The lowest BCUT2D eigenvalue weighted by molar-refractivity contribution is -0.141. The van der Waals surface area contributed by atoms with Crippen molar-refractivity contribution in [3.05, 3.63) is 18.0 Å². The van der Waals surface area contributed by atoms with Crippen LogP contribution in [0.15, 0.2) is 12.3 Å². The maximum Gasteiger partial charge on any atom is 0.435 e. The highest BCUT2D eigenvalue weighted by Gasteiger charge is 2.33. The summed E-state index contributed by atoms with van der Waals surface area (Å²) in [5, 5.41) is 6.32. The number of nitrogens with zero attached hydrogens (tertiary/aromatic N) is 2. The molecule has 1 N–H and O–H groups in total. The van der Waals surface area contributed by atoms with Crippen LogP contribution in [0.5, 0.6) is 0 Å². The second kappa shape index (κ2) is 4.00.